The van der Waals surface area contributed by atoms with E-state index >= 15 is 0 Å². The van der Waals surface area contributed by atoms with E-state index in [-0.39, 0.29) is 17.4 Å². The number of benzene rings is 3. The summed E-state index contributed by atoms with van der Waals surface area (Å²) in [6.45, 7) is 0. The van der Waals surface area contributed by atoms with E-state index in [9.17, 15) is 4.79 Å². The zero-order chi connectivity index (χ0) is 22.0. The molecule has 0 bridgehead atoms. The Morgan fingerprint density at radius 2 is 1.74 bits per heavy atom. The first kappa shape index (κ1) is 22.0. The summed E-state index contributed by atoms with van der Waals surface area (Å²) >= 11 is 25.4. The number of anilines is 1. The zero-order valence-electron chi connectivity index (χ0n) is 15.8. The number of hydrogen-bond acceptors (Lipinski definition) is 4. The molecule has 0 fully saturated rings. The van der Waals surface area contributed by atoms with E-state index in [0.29, 0.717) is 26.3 Å². The fourth-order valence-electron chi connectivity index (χ4n) is 2.96. The molecule has 0 radical (unpaired) electrons. The standard InChI is InChI=1S/C22H14Cl3N3OS2/c23-13-7-5-12(6-8-13)9-19(29)27-22(30)28-20-15(10-14(24)11-16(20)25)21-26-17-3-1-2-4-18(17)31-21/h1-8,10-11H,9H2,(H2,27,28,29,30). The molecular formula is C22H14Cl3N3OS2. The van der Waals surface area contributed by atoms with Crippen LogP contribution in [0.25, 0.3) is 20.8 Å². The Hall–Kier alpha value is -2.22. The topological polar surface area (TPSA) is 54.0 Å². The summed E-state index contributed by atoms with van der Waals surface area (Å²) in [5.41, 5.74) is 2.93. The fourth-order valence-corrected chi connectivity index (χ4v) is 4.83. The van der Waals surface area contributed by atoms with Gasteiger partial charge in [-0.2, -0.15) is 0 Å². The van der Waals surface area contributed by atoms with Crippen molar-refractivity contribution in [3.05, 3.63) is 81.3 Å². The van der Waals surface area contributed by atoms with Gasteiger partial charge in [-0.15, -0.1) is 11.3 Å². The Labute approximate surface area is 203 Å². The van der Waals surface area contributed by atoms with Crippen LogP contribution in [0.5, 0.6) is 0 Å². The highest BCUT2D eigenvalue weighted by molar-refractivity contribution is 7.80. The minimum atomic E-state index is -0.258. The number of thiocarbonyl (C=S) groups is 1. The highest BCUT2D eigenvalue weighted by Crippen LogP contribution is 2.40. The SMILES string of the molecule is O=C(Cc1ccc(Cl)cc1)NC(=S)Nc1c(Cl)cc(Cl)cc1-c1nc2ccccc2s1. The van der Waals surface area contributed by atoms with Crippen LogP contribution in [0.4, 0.5) is 5.69 Å². The molecular weight excluding hydrogens is 493 g/mol. The van der Waals surface area contributed by atoms with Gasteiger partial charge in [0.2, 0.25) is 5.91 Å². The molecule has 9 heteroatoms. The van der Waals surface area contributed by atoms with Gasteiger partial charge < -0.3 is 10.6 Å². The number of nitrogens with zero attached hydrogens (tertiary/aromatic N) is 1. The van der Waals surface area contributed by atoms with Crippen molar-refractivity contribution in [1.82, 2.24) is 10.3 Å². The molecule has 0 saturated heterocycles. The van der Waals surface area contributed by atoms with Crippen molar-refractivity contribution in [2.45, 2.75) is 6.42 Å². The van der Waals surface area contributed by atoms with E-state index in [2.05, 4.69) is 15.6 Å². The lowest BCUT2D eigenvalue weighted by Crippen LogP contribution is -2.35. The minimum Gasteiger partial charge on any atom is -0.331 e. The van der Waals surface area contributed by atoms with E-state index in [1.807, 2.05) is 24.3 Å². The van der Waals surface area contributed by atoms with E-state index < -0.39 is 0 Å². The van der Waals surface area contributed by atoms with Gasteiger partial charge in [0.15, 0.2) is 5.11 Å². The number of amides is 1. The number of thiazole rings is 1. The van der Waals surface area contributed by atoms with Crippen LogP contribution in [-0.4, -0.2) is 16.0 Å². The van der Waals surface area contributed by atoms with Crippen LogP contribution in [-0.2, 0) is 11.2 Å². The smallest absolute Gasteiger partial charge is 0.230 e. The summed E-state index contributed by atoms with van der Waals surface area (Å²) in [6.07, 6.45) is 0.165. The van der Waals surface area contributed by atoms with Crippen LogP contribution in [0.2, 0.25) is 15.1 Å². The van der Waals surface area contributed by atoms with Gasteiger partial charge in [-0.1, -0.05) is 59.1 Å². The average Bonchev–Trinajstić information content (AvgIpc) is 3.15. The molecule has 3 aromatic carbocycles. The average molecular weight is 507 g/mol. The number of aromatic nitrogens is 1. The minimum absolute atomic E-state index is 0.130. The third-order valence-electron chi connectivity index (χ3n) is 4.35. The second-order valence-electron chi connectivity index (χ2n) is 6.60. The highest BCUT2D eigenvalue weighted by atomic mass is 35.5. The van der Waals surface area contributed by atoms with E-state index in [0.717, 1.165) is 20.8 Å². The summed E-state index contributed by atoms with van der Waals surface area (Å²) in [7, 11) is 0. The molecule has 4 nitrogen and oxygen atoms in total. The van der Waals surface area contributed by atoms with Crippen LogP contribution in [0.15, 0.2) is 60.7 Å². The summed E-state index contributed by atoms with van der Waals surface area (Å²) in [4.78, 5) is 17.1. The van der Waals surface area contributed by atoms with Crippen LogP contribution in [0.1, 0.15) is 5.56 Å². The van der Waals surface area contributed by atoms with Gasteiger partial charge >= 0.3 is 0 Å². The molecule has 4 rings (SSSR count). The van der Waals surface area contributed by atoms with Crippen molar-refractivity contribution < 1.29 is 4.79 Å². The molecule has 1 amide bonds. The van der Waals surface area contributed by atoms with Crippen LogP contribution in [0.3, 0.4) is 0 Å². The van der Waals surface area contributed by atoms with Gasteiger partial charge in [0.05, 0.1) is 27.3 Å². The van der Waals surface area contributed by atoms with Gasteiger partial charge in [0.1, 0.15) is 5.01 Å². The van der Waals surface area contributed by atoms with Crippen molar-refractivity contribution >= 4 is 85.3 Å². The molecule has 156 valence electrons. The number of nitrogens with one attached hydrogen (secondary N) is 2. The maximum absolute atomic E-state index is 12.4. The quantitative estimate of drug-likeness (QED) is 0.293. The first-order valence-corrected chi connectivity index (χ1v) is 11.4. The molecule has 0 spiro atoms. The number of fused-ring (bicyclic) bond motifs is 1. The molecule has 4 aromatic rings. The third-order valence-corrected chi connectivity index (χ3v) is 6.39. The Morgan fingerprint density at radius 3 is 2.48 bits per heavy atom. The molecule has 0 atom stereocenters. The Morgan fingerprint density at radius 1 is 1.00 bits per heavy atom. The highest BCUT2D eigenvalue weighted by Gasteiger charge is 2.17. The van der Waals surface area contributed by atoms with Gasteiger partial charge in [-0.05, 0) is 54.2 Å². The van der Waals surface area contributed by atoms with Crippen LogP contribution in [0, 0.1) is 0 Å². The van der Waals surface area contributed by atoms with E-state index in [1.54, 1.807) is 36.4 Å². The molecule has 2 N–H and O–H groups in total. The lowest BCUT2D eigenvalue weighted by Gasteiger charge is -2.14. The maximum atomic E-state index is 12.4. The van der Waals surface area contributed by atoms with Crippen molar-refractivity contribution in [1.29, 1.82) is 0 Å². The summed E-state index contributed by atoms with van der Waals surface area (Å²) in [5.74, 6) is -0.258. The first-order valence-electron chi connectivity index (χ1n) is 9.09. The molecule has 0 aliphatic heterocycles. The number of halogens is 3. The molecule has 0 saturated carbocycles. The molecule has 1 heterocycles. The van der Waals surface area contributed by atoms with Crippen molar-refractivity contribution in [3.8, 4) is 10.6 Å². The predicted octanol–water partition coefficient (Wildman–Crippen LogP) is 6.98. The number of carbonyl (C=O) groups excluding carboxylic acids is 1. The Kier molecular flexibility index (Phi) is 6.74. The molecule has 31 heavy (non-hydrogen) atoms. The number of carbonyl (C=O) groups is 1. The van der Waals surface area contributed by atoms with Gasteiger partial charge in [-0.25, -0.2) is 4.98 Å². The molecule has 0 aliphatic carbocycles. The first-order chi connectivity index (χ1) is 14.9. The van der Waals surface area contributed by atoms with Gasteiger partial charge in [0, 0.05) is 15.6 Å². The van der Waals surface area contributed by atoms with Gasteiger partial charge in [0.25, 0.3) is 0 Å². The summed E-state index contributed by atoms with van der Waals surface area (Å²) in [5, 5.41) is 8.03. The van der Waals surface area contributed by atoms with E-state index in [1.165, 1.54) is 11.3 Å². The Bertz CT molecular complexity index is 1260. The second-order valence-corrected chi connectivity index (χ2v) is 9.32. The van der Waals surface area contributed by atoms with Crippen LogP contribution >= 0.6 is 58.4 Å². The van der Waals surface area contributed by atoms with Crippen molar-refractivity contribution in [2.24, 2.45) is 0 Å². The van der Waals surface area contributed by atoms with Crippen molar-refractivity contribution in [2.75, 3.05) is 5.32 Å². The lowest BCUT2D eigenvalue weighted by atomic mass is 10.1. The maximum Gasteiger partial charge on any atom is 0.230 e. The summed E-state index contributed by atoms with van der Waals surface area (Å²) < 4.78 is 1.04. The largest absolute Gasteiger partial charge is 0.331 e. The lowest BCUT2D eigenvalue weighted by molar-refractivity contribution is -0.119. The Balaban J connectivity index is 1.55. The third kappa shape index (κ3) is 5.34. The van der Waals surface area contributed by atoms with E-state index in [4.69, 9.17) is 47.0 Å². The number of rotatable bonds is 4. The predicted molar refractivity (Wildman–Crippen MR) is 135 cm³/mol. The molecule has 1 aromatic heterocycles. The molecule has 0 unspecified atom stereocenters. The zero-order valence-corrected chi connectivity index (χ0v) is 19.7. The normalized spacial score (nSPS) is 10.8. The van der Waals surface area contributed by atoms with Crippen molar-refractivity contribution in [3.63, 3.8) is 0 Å². The number of para-hydroxylation sites is 1. The second kappa shape index (κ2) is 9.51. The molecule has 0 aliphatic rings. The fraction of sp³-hybridized carbons (Fsp3) is 0.0455. The monoisotopic (exact) mass is 505 g/mol. The number of hydrogen-bond donors (Lipinski definition) is 2. The van der Waals surface area contributed by atoms with Crippen LogP contribution < -0.4 is 10.6 Å². The van der Waals surface area contributed by atoms with Gasteiger partial charge in [-0.3, -0.25) is 4.79 Å². The summed E-state index contributed by atoms with van der Waals surface area (Å²) in [6, 6.07) is 18.3.